The van der Waals surface area contributed by atoms with Crippen LogP contribution in [0.25, 0.3) is 28.0 Å². The van der Waals surface area contributed by atoms with Crippen molar-refractivity contribution in [2.45, 2.75) is 33.9 Å². The molecule has 0 N–H and O–H groups in total. The van der Waals surface area contributed by atoms with Crippen molar-refractivity contribution in [3.05, 3.63) is 102 Å². The van der Waals surface area contributed by atoms with E-state index >= 15 is 0 Å². The molecule has 11 nitrogen and oxygen atoms in total. The third-order valence-corrected chi connectivity index (χ3v) is 6.84. The summed E-state index contributed by atoms with van der Waals surface area (Å²) in [6.45, 7) is 5.73. The maximum atomic E-state index is 12.8. The standard InChI is InChI=1S/C33H27N5O6/c1-19-30-26(18-27(23-11-7-5-8-12-23)34-31(30)38(35-19)25-13-9-6-10-14-25)32-36-37(20(2)39)33(44-32)24-15-16-28(42-21(3)40)29(17-24)43-22(4)41/h5-18,33H,1-4H3. The summed E-state index contributed by atoms with van der Waals surface area (Å²) in [4.78, 5) is 41.3. The first-order chi connectivity index (χ1) is 21.2. The predicted molar refractivity (Wildman–Crippen MR) is 161 cm³/mol. The molecule has 11 heteroatoms. The number of hydrogen-bond donors (Lipinski definition) is 0. The minimum atomic E-state index is -1.00. The van der Waals surface area contributed by atoms with Gasteiger partial charge < -0.3 is 14.2 Å². The second-order valence-electron chi connectivity index (χ2n) is 10.1. The second-order valence-corrected chi connectivity index (χ2v) is 10.1. The predicted octanol–water partition coefficient (Wildman–Crippen LogP) is 5.49. The number of carbonyl (C=O) groups is 3. The number of aryl methyl sites for hydroxylation is 1. The number of amides is 1. The highest BCUT2D eigenvalue weighted by Crippen LogP contribution is 2.38. The van der Waals surface area contributed by atoms with Gasteiger partial charge in [-0.1, -0.05) is 48.5 Å². The zero-order valence-electron chi connectivity index (χ0n) is 24.3. The Hall–Kier alpha value is -5.84. The van der Waals surface area contributed by atoms with Crippen LogP contribution in [0.3, 0.4) is 0 Å². The lowest BCUT2D eigenvalue weighted by atomic mass is 10.1. The second kappa shape index (κ2) is 11.4. The zero-order valence-corrected chi connectivity index (χ0v) is 24.3. The molecular formula is C33H27N5O6. The van der Waals surface area contributed by atoms with Gasteiger partial charge in [-0.15, -0.1) is 5.10 Å². The number of nitrogens with zero attached hydrogens (tertiary/aromatic N) is 5. The van der Waals surface area contributed by atoms with Crippen LogP contribution in [-0.2, 0) is 19.1 Å². The first-order valence-corrected chi connectivity index (χ1v) is 13.8. The van der Waals surface area contributed by atoms with Crippen LogP contribution in [0.1, 0.15) is 43.8 Å². The number of pyridine rings is 1. The Morgan fingerprint density at radius 3 is 2.14 bits per heavy atom. The maximum Gasteiger partial charge on any atom is 0.308 e. The summed E-state index contributed by atoms with van der Waals surface area (Å²) in [7, 11) is 0. The van der Waals surface area contributed by atoms with Gasteiger partial charge in [-0.3, -0.25) is 14.4 Å². The summed E-state index contributed by atoms with van der Waals surface area (Å²) in [5, 5.41) is 11.3. The average molecular weight is 590 g/mol. The van der Waals surface area contributed by atoms with Crippen LogP contribution in [0, 0.1) is 6.92 Å². The molecule has 1 aliphatic heterocycles. The van der Waals surface area contributed by atoms with Gasteiger partial charge in [0.1, 0.15) is 0 Å². The van der Waals surface area contributed by atoms with Gasteiger partial charge in [0, 0.05) is 31.9 Å². The Morgan fingerprint density at radius 2 is 1.48 bits per heavy atom. The van der Waals surface area contributed by atoms with Crippen molar-refractivity contribution < 1.29 is 28.6 Å². The van der Waals surface area contributed by atoms with E-state index in [9.17, 15) is 14.4 Å². The molecule has 5 aromatic rings. The van der Waals surface area contributed by atoms with Gasteiger partial charge in [-0.2, -0.15) is 10.1 Å². The molecule has 0 aliphatic carbocycles. The van der Waals surface area contributed by atoms with E-state index in [4.69, 9.17) is 24.3 Å². The Morgan fingerprint density at radius 1 is 0.818 bits per heavy atom. The molecule has 1 unspecified atom stereocenters. The summed E-state index contributed by atoms with van der Waals surface area (Å²) < 4.78 is 18.7. The van der Waals surface area contributed by atoms with E-state index in [0.29, 0.717) is 33.5 Å². The van der Waals surface area contributed by atoms with Gasteiger partial charge in [0.25, 0.3) is 0 Å². The van der Waals surface area contributed by atoms with Gasteiger partial charge >= 0.3 is 11.9 Å². The van der Waals surface area contributed by atoms with Crippen LogP contribution in [0.15, 0.2) is 90.0 Å². The SMILES string of the molecule is CC(=O)Oc1ccc(C2OC(c3cc(-c4ccccc4)nc4c3c(C)nn4-c3ccccc3)=NN2C(C)=O)cc1OC(C)=O. The Kier molecular flexibility index (Phi) is 7.36. The molecule has 1 aliphatic rings. The quantitative estimate of drug-likeness (QED) is 0.188. The smallest absolute Gasteiger partial charge is 0.308 e. The van der Waals surface area contributed by atoms with Crippen LogP contribution in [-0.4, -0.2) is 43.5 Å². The fraction of sp³-hybridized carbons (Fsp3) is 0.152. The van der Waals surface area contributed by atoms with Crippen molar-refractivity contribution in [3.8, 4) is 28.4 Å². The van der Waals surface area contributed by atoms with Crippen molar-refractivity contribution in [1.29, 1.82) is 0 Å². The summed E-state index contributed by atoms with van der Waals surface area (Å²) >= 11 is 0. The molecule has 0 saturated heterocycles. The molecule has 0 saturated carbocycles. The lowest BCUT2D eigenvalue weighted by molar-refractivity contribution is -0.135. The number of para-hydroxylation sites is 1. The van der Waals surface area contributed by atoms with E-state index in [-0.39, 0.29) is 23.3 Å². The number of hydrogen-bond acceptors (Lipinski definition) is 9. The summed E-state index contributed by atoms with van der Waals surface area (Å²) in [6, 6.07) is 25.8. The summed E-state index contributed by atoms with van der Waals surface area (Å²) in [5.74, 6) is -1.33. The van der Waals surface area contributed by atoms with Crippen LogP contribution < -0.4 is 9.47 Å². The van der Waals surface area contributed by atoms with Crippen molar-refractivity contribution in [2.75, 3.05) is 0 Å². The molecule has 3 heterocycles. The molecule has 1 amide bonds. The monoisotopic (exact) mass is 589 g/mol. The van der Waals surface area contributed by atoms with Gasteiger partial charge in [0.15, 0.2) is 17.1 Å². The van der Waals surface area contributed by atoms with Crippen molar-refractivity contribution >= 4 is 34.8 Å². The molecule has 220 valence electrons. The summed E-state index contributed by atoms with van der Waals surface area (Å²) in [6.07, 6.45) is -1.00. The topological polar surface area (TPSA) is 125 Å². The molecule has 6 rings (SSSR count). The first kappa shape index (κ1) is 28.3. The van der Waals surface area contributed by atoms with Crippen LogP contribution in [0.5, 0.6) is 11.5 Å². The molecule has 3 aromatic carbocycles. The van der Waals surface area contributed by atoms with Gasteiger partial charge in [0.2, 0.25) is 18.0 Å². The van der Waals surface area contributed by atoms with E-state index in [1.54, 1.807) is 10.7 Å². The highest BCUT2D eigenvalue weighted by atomic mass is 16.6. The normalized spacial score (nSPS) is 14.2. The van der Waals surface area contributed by atoms with Gasteiger partial charge in [-0.25, -0.2) is 9.67 Å². The number of ether oxygens (including phenoxy) is 3. The number of rotatable bonds is 6. The van der Waals surface area contributed by atoms with Crippen molar-refractivity contribution in [3.63, 3.8) is 0 Å². The lowest BCUT2D eigenvalue weighted by Crippen LogP contribution is -2.25. The number of benzene rings is 3. The lowest BCUT2D eigenvalue weighted by Gasteiger charge is -2.20. The first-order valence-electron chi connectivity index (χ1n) is 13.8. The number of aromatic nitrogens is 3. The van der Waals surface area contributed by atoms with E-state index in [1.807, 2.05) is 73.7 Å². The summed E-state index contributed by atoms with van der Waals surface area (Å²) in [5.41, 5.74) is 4.69. The number of carbonyl (C=O) groups excluding carboxylic acids is 3. The Labute approximate surface area is 252 Å². The fourth-order valence-electron chi connectivity index (χ4n) is 5.01. The molecule has 0 spiro atoms. The van der Waals surface area contributed by atoms with Crippen LogP contribution in [0.2, 0.25) is 0 Å². The fourth-order valence-corrected chi connectivity index (χ4v) is 5.01. The van der Waals surface area contributed by atoms with Crippen molar-refractivity contribution in [1.82, 2.24) is 19.8 Å². The van der Waals surface area contributed by atoms with Crippen LogP contribution in [0.4, 0.5) is 0 Å². The van der Waals surface area contributed by atoms with Gasteiger partial charge in [-0.05, 0) is 43.3 Å². The largest absolute Gasteiger partial charge is 0.446 e. The van der Waals surface area contributed by atoms with E-state index < -0.39 is 18.2 Å². The minimum absolute atomic E-state index is 0.00315. The van der Waals surface area contributed by atoms with Crippen molar-refractivity contribution in [2.24, 2.45) is 5.10 Å². The molecular weight excluding hydrogens is 562 g/mol. The highest BCUT2D eigenvalue weighted by Gasteiger charge is 2.35. The number of esters is 2. The van der Waals surface area contributed by atoms with E-state index in [1.165, 1.54) is 37.9 Å². The van der Waals surface area contributed by atoms with Crippen LogP contribution >= 0.6 is 0 Å². The molecule has 2 aromatic heterocycles. The Balaban J connectivity index is 1.50. The highest BCUT2D eigenvalue weighted by molar-refractivity contribution is 6.08. The third-order valence-electron chi connectivity index (χ3n) is 6.84. The Bertz CT molecular complexity index is 1950. The van der Waals surface area contributed by atoms with E-state index in [2.05, 4.69) is 5.10 Å². The molecule has 0 radical (unpaired) electrons. The van der Waals surface area contributed by atoms with E-state index in [0.717, 1.165) is 11.3 Å². The van der Waals surface area contributed by atoms with Gasteiger partial charge in [0.05, 0.1) is 28.0 Å². The maximum absolute atomic E-state index is 12.8. The molecule has 1 atom stereocenters. The zero-order chi connectivity index (χ0) is 31.0. The molecule has 0 bridgehead atoms. The number of hydrazone groups is 1. The average Bonchev–Trinajstić information content (AvgIpc) is 3.60. The molecule has 0 fully saturated rings. The minimum Gasteiger partial charge on any atom is -0.446 e. The number of fused-ring (bicyclic) bond motifs is 1. The molecule has 44 heavy (non-hydrogen) atoms. The third kappa shape index (κ3) is 5.38.